The van der Waals surface area contributed by atoms with E-state index in [0.29, 0.717) is 44.4 Å². The third kappa shape index (κ3) is 12.9. The summed E-state index contributed by atoms with van der Waals surface area (Å²) in [5.74, 6) is 13.6. The van der Waals surface area contributed by atoms with Crippen LogP contribution in [0.2, 0.25) is 0 Å². The summed E-state index contributed by atoms with van der Waals surface area (Å²) in [5, 5.41) is 5.18. The second kappa shape index (κ2) is 21.0. The van der Waals surface area contributed by atoms with Crippen molar-refractivity contribution in [2.75, 3.05) is 31.9 Å². The van der Waals surface area contributed by atoms with Crippen LogP contribution in [-0.4, -0.2) is 49.6 Å². The van der Waals surface area contributed by atoms with Crippen molar-refractivity contribution in [2.24, 2.45) is 5.10 Å². The van der Waals surface area contributed by atoms with Crippen LogP contribution in [0, 0.1) is 23.7 Å². The molecule has 0 bridgehead atoms. The molecule has 0 radical (unpaired) electrons. The molecular weight excluding hydrogens is 699 g/mol. The summed E-state index contributed by atoms with van der Waals surface area (Å²) in [6.07, 6.45) is 6.97. The second-order valence-electron chi connectivity index (χ2n) is 11.6. The average Bonchev–Trinajstić information content (AvgIpc) is 3.63. The molecule has 10 heteroatoms. The maximum absolute atomic E-state index is 11.1. The van der Waals surface area contributed by atoms with Gasteiger partial charge in [0, 0.05) is 40.0 Å². The van der Waals surface area contributed by atoms with Gasteiger partial charge in [-0.2, -0.15) is 5.10 Å². The normalized spacial score (nSPS) is 10.4. The number of hydrogen-bond donors (Lipinski definition) is 1. The molecule has 0 fully saturated rings. The molecule has 1 N–H and O–H groups in total. The van der Waals surface area contributed by atoms with E-state index in [1.165, 1.54) is 11.3 Å². The number of aromatic nitrogens is 1. The Kier molecular flexibility index (Phi) is 15.0. The Bertz CT molecular complexity index is 2170. The zero-order valence-electron chi connectivity index (χ0n) is 29.7. The second-order valence-corrected chi connectivity index (χ2v) is 12.6. The Morgan fingerprint density at radius 1 is 0.685 bits per heavy atom. The van der Waals surface area contributed by atoms with Crippen molar-refractivity contribution >= 4 is 44.8 Å². The van der Waals surface area contributed by atoms with Crippen molar-refractivity contribution in [1.82, 2.24) is 4.98 Å². The van der Waals surface area contributed by atoms with Crippen molar-refractivity contribution < 1.29 is 28.5 Å². The fraction of sp³-hybridized carbons (Fsp3) is 0.182. The number of thiazole rings is 1. The molecule has 4 aromatic carbocycles. The Balaban J connectivity index is 1.22. The molecule has 272 valence electrons. The van der Waals surface area contributed by atoms with E-state index < -0.39 is 11.9 Å². The molecule has 54 heavy (non-hydrogen) atoms. The van der Waals surface area contributed by atoms with E-state index in [2.05, 4.69) is 52.4 Å². The minimum absolute atomic E-state index is 0.340. The standard InChI is InChI=1S/C44H39N3O6S/c1-3-42(48)52-29-9-7-27-50-38-23-17-33(18-24-38)13-14-35-16-22-36(37(31-35)32-45-47-44-46-40-11-5-6-12-41(40)54-44)21-15-34-19-25-39(26-20-34)51-28-8-10-30-53-43(49)4-2/h3-6,11-12,16-20,22-26,31-32H,1-2,7-10,27-30H2,(H,46,47)/b45-32+. The van der Waals surface area contributed by atoms with Crippen LogP contribution in [0.3, 0.4) is 0 Å². The lowest BCUT2D eigenvalue weighted by Gasteiger charge is -2.06. The molecule has 5 aromatic rings. The number of esters is 2. The van der Waals surface area contributed by atoms with Gasteiger partial charge in [0.1, 0.15) is 11.5 Å². The Morgan fingerprint density at radius 2 is 1.22 bits per heavy atom. The van der Waals surface area contributed by atoms with Crippen LogP contribution in [0.1, 0.15) is 53.5 Å². The van der Waals surface area contributed by atoms with Crippen molar-refractivity contribution in [3.8, 4) is 35.2 Å². The van der Waals surface area contributed by atoms with Crippen molar-refractivity contribution in [3.05, 3.63) is 144 Å². The molecular formula is C44H39N3O6S. The van der Waals surface area contributed by atoms with Crippen LogP contribution >= 0.6 is 11.3 Å². The number of anilines is 1. The van der Waals surface area contributed by atoms with Gasteiger partial charge in [0.15, 0.2) is 0 Å². The number of carbonyl (C=O) groups is 2. The summed E-state index contributed by atoms with van der Waals surface area (Å²) < 4.78 is 22.7. The molecule has 1 aromatic heterocycles. The maximum atomic E-state index is 11.1. The van der Waals surface area contributed by atoms with Gasteiger partial charge in [-0.15, -0.1) is 0 Å². The first kappa shape index (κ1) is 38.6. The molecule has 1 heterocycles. The molecule has 0 aliphatic rings. The number of rotatable bonds is 17. The molecule has 0 atom stereocenters. The minimum Gasteiger partial charge on any atom is -0.494 e. The highest BCUT2D eigenvalue weighted by molar-refractivity contribution is 7.22. The van der Waals surface area contributed by atoms with E-state index in [4.69, 9.17) is 18.9 Å². The van der Waals surface area contributed by atoms with Gasteiger partial charge in [-0.3, -0.25) is 5.43 Å². The summed E-state index contributed by atoms with van der Waals surface area (Å²) in [4.78, 5) is 26.9. The van der Waals surface area contributed by atoms with Gasteiger partial charge in [-0.25, -0.2) is 14.6 Å². The van der Waals surface area contributed by atoms with Crippen molar-refractivity contribution in [1.29, 1.82) is 0 Å². The lowest BCUT2D eigenvalue weighted by molar-refractivity contribution is -0.138. The van der Waals surface area contributed by atoms with Crippen molar-refractivity contribution in [2.45, 2.75) is 25.7 Å². The highest BCUT2D eigenvalue weighted by Gasteiger charge is 2.04. The molecule has 5 rings (SSSR count). The lowest BCUT2D eigenvalue weighted by Crippen LogP contribution is -2.04. The van der Waals surface area contributed by atoms with E-state index >= 15 is 0 Å². The Morgan fingerprint density at radius 3 is 1.81 bits per heavy atom. The molecule has 0 spiro atoms. The van der Waals surface area contributed by atoms with Gasteiger partial charge in [-0.05, 0) is 105 Å². The highest BCUT2D eigenvalue weighted by atomic mass is 32.1. The molecule has 0 saturated carbocycles. The zero-order valence-corrected chi connectivity index (χ0v) is 30.5. The number of fused-ring (bicyclic) bond motifs is 1. The van der Waals surface area contributed by atoms with Crippen LogP contribution in [0.5, 0.6) is 11.5 Å². The summed E-state index contributed by atoms with van der Waals surface area (Å²) in [7, 11) is 0. The predicted molar refractivity (Wildman–Crippen MR) is 214 cm³/mol. The zero-order chi connectivity index (χ0) is 37.8. The summed E-state index contributed by atoms with van der Waals surface area (Å²) in [6, 6.07) is 29.0. The van der Waals surface area contributed by atoms with Crippen LogP contribution in [0.4, 0.5) is 5.13 Å². The minimum atomic E-state index is -0.418. The number of unbranched alkanes of at least 4 members (excludes halogenated alkanes) is 2. The number of para-hydroxylation sites is 1. The van der Waals surface area contributed by atoms with Crippen LogP contribution in [0.15, 0.2) is 121 Å². The smallest absolute Gasteiger partial charge is 0.330 e. The first-order chi connectivity index (χ1) is 26.5. The van der Waals surface area contributed by atoms with Gasteiger partial charge in [0.25, 0.3) is 0 Å². The third-order valence-corrected chi connectivity index (χ3v) is 8.49. The maximum Gasteiger partial charge on any atom is 0.330 e. The van der Waals surface area contributed by atoms with Gasteiger partial charge in [0.05, 0.1) is 42.9 Å². The van der Waals surface area contributed by atoms with Crippen molar-refractivity contribution in [3.63, 3.8) is 0 Å². The largest absolute Gasteiger partial charge is 0.494 e. The number of nitrogens with zero attached hydrogens (tertiary/aromatic N) is 2. The van der Waals surface area contributed by atoms with Crippen LogP contribution in [0.25, 0.3) is 10.2 Å². The van der Waals surface area contributed by atoms with Gasteiger partial charge in [0.2, 0.25) is 5.13 Å². The summed E-state index contributed by atoms with van der Waals surface area (Å²) in [6.45, 7) is 8.48. The number of nitrogens with one attached hydrogen (secondary N) is 1. The Hall–Kier alpha value is -6.62. The van der Waals surface area contributed by atoms with E-state index in [0.717, 1.165) is 74.5 Å². The molecule has 0 amide bonds. The third-order valence-electron chi connectivity index (χ3n) is 7.55. The first-order valence-corrected chi connectivity index (χ1v) is 18.2. The molecule has 9 nitrogen and oxygen atoms in total. The SMILES string of the molecule is C=CC(=O)OCCCCOc1ccc(C#Cc2ccc(C#Cc3ccc(OCCCCOC(=O)C=C)cc3)c(/C=N/Nc3nc4ccccc4s3)c2)cc1. The number of ether oxygens (including phenoxy) is 4. The van der Waals surface area contributed by atoms with E-state index in [1.807, 2.05) is 91.0 Å². The fourth-order valence-electron chi connectivity index (χ4n) is 4.74. The molecule has 0 aliphatic carbocycles. The monoisotopic (exact) mass is 737 g/mol. The number of benzene rings is 4. The van der Waals surface area contributed by atoms with Gasteiger partial charge >= 0.3 is 11.9 Å². The number of hydrogen-bond acceptors (Lipinski definition) is 10. The Labute approximate surface area is 319 Å². The molecule has 0 saturated heterocycles. The average molecular weight is 738 g/mol. The number of carbonyl (C=O) groups excluding carboxylic acids is 2. The quantitative estimate of drug-likeness (QED) is 0.0254. The van der Waals surface area contributed by atoms with E-state index in [-0.39, 0.29) is 0 Å². The number of hydrazone groups is 1. The molecule has 0 unspecified atom stereocenters. The van der Waals surface area contributed by atoms with E-state index in [1.54, 1.807) is 6.21 Å². The topological polar surface area (TPSA) is 108 Å². The van der Waals surface area contributed by atoms with Crippen LogP contribution < -0.4 is 14.9 Å². The summed E-state index contributed by atoms with van der Waals surface area (Å²) >= 11 is 1.53. The summed E-state index contributed by atoms with van der Waals surface area (Å²) in [5.41, 5.74) is 8.03. The van der Waals surface area contributed by atoms with Crippen LogP contribution in [-0.2, 0) is 19.1 Å². The first-order valence-electron chi connectivity index (χ1n) is 17.4. The predicted octanol–water partition coefficient (Wildman–Crippen LogP) is 8.32. The lowest BCUT2D eigenvalue weighted by atomic mass is 10.0. The highest BCUT2D eigenvalue weighted by Crippen LogP contribution is 2.25. The van der Waals surface area contributed by atoms with Gasteiger partial charge < -0.3 is 18.9 Å². The fourth-order valence-corrected chi connectivity index (χ4v) is 5.56. The van der Waals surface area contributed by atoms with Gasteiger partial charge in [-0.1, -0.05) is 60.3 Å². The molecule has 0 aliphatic heterocycles. The van der Waals surface area contributed by atoms with E-state index in [9.17, 15) is 9.59 Å².